The number of ether oxygens (including phenoxy) is 4. The number of nitrogens with zero attached hydrogens (tertiary/aromatic N) is 3. The summed E-state index contributed by atoms with van der Waals surface area (Å²) in [5.74, 6) is 3.15. The third-order valence-electron chi connectivity index (χ3n) is 6.06. The van der Waals surface area contributed by atoms with Gasteiger partial charge in [-0.2, -0.15) is 9.78 Å². The van der Waals surface area contributed by atoms with Crippen molar-refractivity contribution in [1.29, 1.82) is 0 Å². The first-order valence-electron chi connectivity index (χ1n) is 12.1. The monoisotopic (exact) mass is 641 g/mol. The molecule has 0 atom stereocenters. The van der Waals surface area contributed by atoms with Crippen molar-refractivity contribution in [1.82, 2.24) is 9.66 Å². The van der Waals surface area contributed by atoms with Gasteiger partial charge in [-0.3, -0.25) is 4.79 Å². The van der Waals surface area contributed by atoms with Crippen molar-refractivity contribution in [2.24, 2.45) is 5.10 Å². The van der Waals surface area contributed by atoms with E-state index < -0.39 is 0 Å². The van der Waals surface area contributed by atoms with Gasteiger partial charge >= 0.3 is 0 Å². The molecule has 196 valence electrons. The second-order valence-corrected chi connectivity index (χ2v) is 10.4. The van der Waals surface area contributed by atoms with Crippen LogP contribution in [0.3, 0.4) is 0 Å². The van der Waals surface area contributed by atoms with E-state index in [1.807, 2.05) is 42.5 Å². The minimum atomic E-state index is -0.217. The van der Waals surface area contributed by atoms with Gasteiger partial charge in [0.15, 0.2) is 23.0 Å². The number of hydrogen-bond donors (Lipinski definition) is 0. The Labute approximate surface area is 236 Å². The fourth-order valence-corrected chi connectivity index (χ4v) is 4.83. The minimum absolute atomic E-state index is 0.217. The number of fused-ring (bicyclic) bond motifs is 2. The van der Waals surface area contributed by atoms with E-state index in [1.54, 1.807) is 19.4 Å². The highest BCUT2D eigenvalue weighted by Gasteiger charge is 2.15. The zero-order valence-corrected chi connectivity index (χ0v) is 24.0. The molecule has 8 nitrogen and oxygen atoms in total. The zero-order valence-electron chi connectivity index (χ0n) is 20.9. The number of aryl methyl sites for hydroxylation is 1. The molecule has 0 N–H and O–H groups in total. The summed E-state index contributed by atoms with van der Waals surface area (Å²) in [6, 6.07) is 14.8. The first kappa shape index (κ1) is 26.2. The standard InChI is InChI=1S/C28H25Br2N3O5/c1-3-4-5-27-32-22-8-7-19(29)12-20(22)28(34)33(27)31-14-18-11-24(35-2)26(13-21(18)30)36-15-17-6-9-23-25(10-17)38-16-37-23/h6-14H,3-5,15-16H2,1-2H3. The highest BCUT2D eigenvalue weighted by molar-refractivity contribution is 9.10. The lowest BCUT2D eigenvalue weighted by Crippen LogP contribution is -2.22. The summed E-state index contributed by atoms with van der Waals surface area (Å²) < 4.78 is 25.4. The number of unbranched alkanes of at least 4 members (excludes halogenated alkanes) is 1. The zero-order chi connectivity index (χ0) is 26.6. The third kappa shape index (κ3) is 5.56. The molecule has 3 aromatic carbocycles. The van der Waals surface area contributed by atoms with E-state index in [1.165, 1.54) is 4.68 Å². The van der Waals surface area contributed by atoms with Crippen LogP contribution in [0.2, 0.25) is 0 Å². The van der Waals surface area contributed by atoms with E-state index in [0.717, 1.165) is 38.7 Å². The molecule has 0 radical (unpaired) electrons. The quantitative estimate of drug-likeness (QED) is 0.195. The maximum atomic E-state index is 13.4. The minimum Gasteiger partial charge on any atom is -0.493 e. The van der Waals surface area contributed by atoms with E-state index in [9.17, 15) is 4.79 Å². The van der Waals surface area contributed by atoms with Crippen molar-refractivity contribution < 1.29 is 18.9 Å². The lowest BCUT2D eigenvalue weighted by atomic mass is 10.2. The molecule has 10 heteroatoms. The van der Waals surface area contributed by atoms with Gasteiger partial charge in [0.25, 0.3) is 5.56 Å². The van der Waals surface area contributed by atoms with Crippen molar-refractivity contribution in [3.8, 4) is 23.0 Å². The predicted molar refractivity (Wildman–Crippen MR) is 153 cm³/mol. The Balaban J connectivity index is 1.43. The van der Waals surface area contributed by atoms with Gasteiger partial charge in [0, 0.05) is 20.9 Å². The van der Waals surface area contributed by atoms with E-state index in [-0.39, 0.29) is 12.4 Å². The van der Waals surface area contributed by atoms with Crippen LogP contribution in [0.15, 0.2) is 67.4 Å². The number of aromatic nitrogens is 2. The second kappa shape index (κ2) is 11.6. The number of methoxy groups -OCH3 is 1. The van der Waals surface area contributed by atoms with Gasteiger partial charge in [0.05, 0.1) is 24.2 Å². The molecule has 0 fully saturated rings. The predicted octanol–water partition coefficient (Wildman–Crippen LogP) is 6.46. The van der Waals surface area contributed by atoms with Gasteiger partial charge in [-0.15, -0.1) is 0 Å². The molecule has 1 aromatic heterocycles. The van der Waals surface area contributed by atoms with Gasteiger partial charge < -0.3 is 18.9 Å². The Morgan fingerprint density at radius 3 is 2.74 bits per heavy atom. The van der Waals surface area contributed by atoms with Gasteiger partial charge in [-0.1, -0.05) is 35.3 Å². The van der Waals surface area contributed by atoms with Crippen LogP contribution in [0.25, 0.3) is 10.9 Å². The summed E-state index contributed by atoms with van der Waals surface area (Å²) in [5.41, 5.74) is 2.10. The summed E-state index contributed by atoms with van der Waals surface area (Å²) >= 11 is 7.05. The van der Waals surface area contributed by atoms with Crippen LogP contribution in [0.4, 0.5) is 0 Å². The first-order valence-corrected chi connectivity index (χ1v) is 13.7. The molecule has 38 heavy (non-hydrogen) atoms. The third-order valence-corrected chi connectivity index (χ3v) is 7.24. The highest BCUT2D eigenvalue weighted by atomic mass is 79.9. The molecule has 0 saturated carbocycles. The molecular formula is C28H25Br2N3O5. The van der Waals surface area contributed by atoms with E-state index in [2.05, 4.69) is 43.9 Å². The normalized spacial score (nSPS) is 12.4. The van der Waals surface area contributed by atoms with Crippen molar-refractivity contribution in [3.05, 3.63) is 84.8 Å². The van der Waals surface area contributed by atoms with Crippen LogP contribution in [-0.4, -0.2) is 29.8 Å². The van der Waals surface area contributed by atoms with Crippen molar-refractivity contribution in [2.75, 3.05) is 13.9 Å². The molecule has 0 bridgehead atoms. The molecule has 0 aliphatic carbocycles. The molecule has 4 aromatic rings. The molecule has 0 amide bonds. The molecule has 5 rings (SSSR count). The SMILES string of the molecule is CCCCc1nc2ccc(Br)cc2c(=O)n1N=Cc1cc(OC)c(OCc2ccc3c(c2)OCO3)cc1Br. The number of benzene rings is 3. The Morgan fingerprint density at radius 2 is 1.92 bits per heavy atom. The van der Waals surface area contributed by atoms with E-state index in [0.29, 0.717) is 47.0 Å². The van der Waals surface area contributed by atoms with Crippen LogP contribution in [0.1, 0.15) is 36.7 Å². The van der Waals surface area contributed by atoms with Crippen molar-refractivity contribution in [3.63, 3.8) is 0 Å². The summed E-state index contributed by atoms with van der Waals surface area (Å²) in [7, 11) is 1.58. The van der Waals surface area contributed by atoms with Gasteiger partial charge in [-0.05, 0) is 70.4 Å². The molecule has 0 unspecified atom stereocenters. The number of rotatable bonds is 9. The lowest BCUT2D eigenvalue weighted by molar-refractivity contribution is 0.174. The maximum absolute atomic E-state index is 13.4. The second-order valence-electron chi connectivity index (χ2n) is 8.66. The summed E-state index contributed by atoms with van der Waals surface area (Å²) in [6.45, 7) is 2.65. The Bertz CT molecular complexity index is 1590. The van der Waals surface area contributed by atoms with Crippen LogP contribution in [0.5, 0.6) is 23.0 Å². The Hall–Kier alpha value is -3.37. The summed E-state index contributed by atoms with van der Waals surface area (Å²) in [4.78, 5) is 18.1. The fourth-order valence-electron chi connectivity index (χ4n) is 4.04. The summed E-state index contributed by atoms with van der Waals surface area (Å²) in [6.07, 6.45) is 4.15. The maximum Gasteiger partial charge on any atom is 0.282 e. The fraction of sp³-hybridized carbons (Fsp3) is 0.250. The van der Waals surface area contributed by atoms with Crippen LogP contribution in [0, 0.1) is 0 Å². The highest BCUT2D eigenvalue weighted by Crippen LogP contribution is 2.35. The molecule has 0 spiro atoms. The number of hydrogen-bond acceptors (Lipinski definition) is 7. The van der Waals surface area contributed by atoms with Crippen LogP contribution >= 0.6 is 31.9 Å². The molecule has 1 aliphatic heterocycles. The lowest BCUT2D eigenvalue weighted by Gasteiger charge is -2.13. The Kier molecular flexibility index (Phi) is 7.99. The number of halogens is 2. The first-order chi connectivity index (χ1) is 18.5. The molecule has 2 heterocycles. The van der Waals surface area contributed by atoms with Crippen LogP contribution in [-0.2, 0) is 13.0 Å². The smallest absolute Gasteiger partial charge is 0.282 e. The van der Waals surface area contributed by atoms with E-state index in [4.69, 9.17) is 23.9 Å². The van der Waals surface area contributed by atoms with Gasteiger partial charge in [0.2, 0.25) is 6.79 Å². The van der Waals surface area contributed by atoms with E-state index >= 15 is 0 Å². The van der Waals surface area contributed by atoms with Gasteiger partial charge in [0.1, 0.15) is 12.4 Å². The van der Waals surface area contributed by atoms with Crippen molar-refractivity contribution in [2.45, 2.75) is 32.8 Å². The average molecular weight is 643 g/mol. The average Bonchev–Trinajstić information content (AvgIpc) is 3.39. The molecule has 0 saturated heterocycles. The van der Waals surface area contributed by atoms with Crippen LogP contribution < -0.4 is 24.5 Å². The van der Waals surface area contributed by atoms with Gasteiger partial charge in [-0.25, -0.2) is 4.98 Å². The van der Waals surface area contributed by atoms with Crippen molar-refractivity contribution >= 4 is 49.0 Å². The Morgan fingerprint density at radius 1 is 1.08 bits per heavy atom. The topological polar surface area (TPSA) is 84.2 Å². The molecular weight excluding hydrogens is 618 g/mol. The largest absolute Gasteiger partial charge is 0.493 e. The summed E-state index contributed by atoms with van der Waals surface area (Å²) in [5, 5.41) is 5.05. The molecule has 1 aliphatic rings.